The summed E-state index contributed by atoms with van der Waals surface area (Å²) in [6.45, 7) is 5.09. The van der Waals surface area contributed by atoms with E-state index in [4.69, 9.17) is 0 Å². The number of halogens is 1. The Labute approximate surface area is 123 Å². The molecule has 106 valence electrons. The highest BCUT2D eigenvalue weighted by molar-refractivity contribution is 9.10. The van der Waals surface area contributed by atoms with Crippen LogP contribution in [0.2, 0.25) is 0 Å². The van der Waals surface area contributed by atoms with Gasteiger partial charge in [0.25, 0.3) is 0 Å². The standard InChI is InChI=1S/C14H22BrN3O/c1-10(2)17-14(19)9-18(4)12-6-5-11(8-16-3)13(15)7-12/h5-7,10,16H,8-9H2,1-4H3,(H,17,19). The number of anilines is 1. The van der Waals surface area contributed by atoms with Gasteiger partial charge in [0.2, 0.25) is 5.91 Å². The molecule has 0 radical (unpaired) electrons. The van der Waals surface area contributed by atoms with E-state index in [-0.39, 0.29) is 11.9 Å². The first-order valence-electron chi connectivity index (χ1n) is 6.37. The van der Waals surface area contributed by atoms with E-state index in [0.29, 0.717) is 6.54 Å². The van der Waals surface area contributed by atoms with Gasteiger partial charge in [-0.2, -0.15) is 0 Å². The van der Waals surface area contributed by atoms with Crippen molar-refractivity contribution in [3.63, 3.8) is 0 Å². The average molecular weight is 328 g/mol. The van der Waals surface area contributed by atoms with Gasteiger partial charge >= 0.3 is 0 Å². The number of hydrogen-bond donors (Lipinski definition) is 2. The van der Waals surface area contributed by atoms with Crippen LogP contribution < -0.4 is 15.5 Å². The summed E-state index contributed by atoms with van der Waals surface area (Å²) in [6.07, 6.45) is 0. The van der Waals surface area contributed by atoms with Gasteiger partial charge in [-0.25, -0.2) is 0 Å². The molecule has 5 heteroatoms. The Kier molecular flexibility index (Phi) is 6.31. The Morgan fingerprint density at radius 1 is 1.42 bits per heavy atom. The lowest BCUT2D eigenvalue weighted by molar-refractivity contribution is -0.120. The van der Waals surface area contributed by atoms with Gasteiger partial charge in [-0.3, -0.25) is 4.79 Å². The Bertz CT molecular complexity index is 435. The van der Waals surface area contributed by atoms with Crippen molar-refractivity contribution in [3.05, 3.63) is 28.2 Å². The smallest absolute Gasteiger partial charge is 0.239 e. The second-order valence-electron chi connectivity index (χ2n) is 4.88. The first-order valence-corrected chi connectivity index (χ1v) is 7.17. The van der Waals surface area contributed by atoms with Crippen molar-refractivity contribution in [2.75, 3.05) is 25.5 Å². The van der Waals surface area contributed by atoms with E-state index >= 15 is 0 Å². The van der Waals surface area contributed by atoms with Crippen LogP contribution in [0.1, 0.15) is 19.4 Å². The topological polar surface area (TPSA) is 44.4 Å². The Morgan fingerprint density at radius 2 is 2.11 bits per heavy atom. The number of nitrogens with one attached hydrogen (secondary N) is 2. The minimum Gasteiger partial charge on any atom is -0.365 e. The molecule has 0 saturated carbocycles. The molecule has 0 unspecified atom stereocenters. The normalized spacial score (nSPS) is 10.6. The van der Waals surface area contributed by atoms with Crippen LogP contribution in [0.25, 0.3) is 0 Å². The zero-order chi connectivity index (χ0) is 14.4. The van der Waals surface area contributed by atoms with Gasteiger partial charge in [0.15, 0.2) is 0 Å². The van der Waals surface area contributed by atoms with E-state index < -0.39 is 0 Å². The summed E-state index contributed by atoms with van der Waals surface area (Å²) in [5.41, 5.74) is 2.22. The van der Waals surface area contributed by atoms with Gasteiger partial charge in [-0.1, -0.05) is 22.0 Å². The van der Waals surface area contributed by atoms with Gasteiger partial charge in [0, 0.05) is 29.8 Å². The molecule has 1 aromatic carbocycles. The van der Waals surface area contributed by atoms with E-state index in [1.54, 1.807) is 0 Å². The third-order valence-corrected chi connectivity index (χ3v) is 3.41. The fraction of sp³-hybridized carbons (Fsp3) is 0.500. The number of amides is 1. The summed E-state index contributed by atoms with van der Waals surface area (Å²) in [4.78, 5) is 13.7. The predicted octanol–water partition coefficient (Wildman–Crippen LogP) is 2.13. The lowest BCUT2D eigenvalue weighted by atomic mass is 10.2. The van der Waals surface area contributed by atoms with Gasteiger partial charge in [0.05, 0.1) is 6.54 Å². The summed E-state index contributed by atoms with van der Waals surface area (Å²) in [7, 11) is 3.84. The molecular formula is C14H22BrN3O. The van der Waals surface area contributed by atoms with E-state index in [1.807, 2.05) is 45.0 Å². The average Bonchev–Trinajstić information content (AvgIpc) is 2.30. The van der Waals surface area contributed by atoms with Gasteiger partial charge in [-0.15, -0.1) is 0 Å². The zero-order valence-electron chi connectivity index (χ0n) is 12.0. The van der Waals surface area contributed by atoms with Crippen LogP contribution in [0, 0.1) is 0 Å². The maximum absolute atomic E-state index is 11.7. The number of nitrogens with zero attached hydrogens (tertiary/aromatic N) is 1. The fourth-order valence-corrected chi connectivity index (χ4v) is 2.29. The summed E-state index contributed by atoms with van der Waals surface area (Å²) < 4.78 is 1.05. The van der Waals surface area contributed by atoms with Crippen molar-refractivity contribution in [1.82, 2.24) is 10.6 Å². The molecule has 0 aliphatic carbocycles. The van der Waals surface area contributed by atoms with Crippen molar-refractivity contribution in [2.45, 2.75) is 26.4 Å². The Morgan fingerprint density at radius 3 is 2.63 bits per heavy atom. The number of carbonyl (C=O) groups is 1. The van der Waals surface area contributed by atoms with Crippen LogP contribution in [0.15, 0.2) is 22.7 Å². The monoisotopic (exact) mass is 327 g/mol. The minimum absolute atomic E-state index is 0.0351. The summed E-state index contributed by atoms with van der Waals surface area (Å²) in [5.74, 6) is 0.0351. The molecule has 0 heterocycles. The Hall–Kier alpha value is -1.07. The van der Waals surface area contributed by atoms with E-state index in [1.165, 1.54) is 5.56 Å². The van der Waals surface area contributed by atoms with Crippen molar-refractivity contribution in [1.29, 1.82) is 0 Å². The molecule has 2 N–H and O–H groups in total. The van der Waals surface area contributed by atoms with E-state index in [9.17, 15) is 4.79 Å². The lowest BCUT2D eigenvalue weighted by Gasteiger charge is -2.20. The largest absolute Gasteiger partial charge is 0.365 e. The first-order chi connectivity index (χ1) is 8.93. The molecule has 1 aromatic rings. The number of rotatable bonds is 6. The van der Waals surface area contributed by atoms with Crippen molar-refractivity contribution >= 4 is 27.5 Å². The quantitative estimate of drug-likeness (QED) is 0.841. The highest BCUT2D eigenvalue weighted by Gasteiger charge is 2.09. The summed E-state index contributed by atoms with van der Waals surface area (Å²) in [5, 5.41) is 6.01. The van der Waals surface area contributed by atoms with E-state index in [0.717, 1.165) is 16.7 Å². The Balaban J connectivity index is 2.69. The summed E-state index contributed by atoms with van der Waals surface area (Å²) >= 11 is 3.56. The maximum Gasteiger partial charge on any atom is 0.239 e. The molecule has 0 aliphatic rings. The number of benzene rings is 1. The molecule has 0 fully saturated rings. The summed E-state index contributed by atoms with van der Waals surface area (Å²) in [6, 6.07) is 6.30. The molecule has 0 aromatic heterocycles. The van der Waals surface area contributed by atoms with Crippen LogP contribution in [0.3, 0.4) is 0 Å². The van der Waals surface area contributed by atoms with Crippen molar-refractivity contribution < 1.29 is 4.79 Å². The SMILES string of the molecule is CNCc1ccc(N(C)CC(=O)NC(C)C)cc1Br. The second-order valence-corrected chi connectivity index (χ2v) is 5.74. The number of carbonyl (C=O) groups excluding carboxylic acids is 1. The van der Waals surface area contributed by atoms with Crippen molar-refractivity contribution in [3.8, 4) is 0 Å². The van der Waals surface area contributed by atoms with E-state index in [2.05, 4.69) is 32.6 Å². The van der Waals surface area contributed by atoms with Gasteiger partial charge < -0.3 is 15.5 Å². The fourth-order valence-electron chi connectivity index (χ4n) is 1.78. The minimum atomic E-state index is 0.0351. The van der Waals surface area contributed by atoms with Crippen LogP contribution >= 0.6 is 15.9 Å². The molecule has 4 nitrogen and oxygen atoms in total. The molecule has 1 rings (SSSR count). The first kappa shape index (κ1) is 16.0. The molecule has 0 saturated heterocycles. The van der Waals surface area contributed by atoms with Crippen LogP contribution in [0.4, 0.5) is 5.69 Å². The molecule has 0 atom stereocenters. The van der Waals surface area contributed by atoms with Crippen molar-refractivity contribution in [2.24, 2.45) is 0 Å². The van der Waals surface area contributed by atoms with Crippen LogP contribution in [-0.4, -0.2) is 32.6 Å². The molecule has 0 spiro atoms. The van der Waals surface area contributed by atoms with Crippen LogP contribution in [0.5, 0.6) is 0 Å². The van der Waals surface area contributed by atoms with Crippen LogP contribution in [-0.2, 0) is 11.3 Å². The molecule has 19 heavy (non-hydrogen) atoms. The third kappa shape index (κ3) is 5.20. The molecule has 1 amide bonds. The predicted molar refractivity (Wildman–Crippen MR) is 83.5 cm³/mol. The number of hydrogen-bond acceptors (Lipinski definition) is 3. The third-order valence-electron chi connectivity index (χ3n) is 2.68. The maximum atomic E-state index is 11.7. The van der Waals surface area contributed by atoms with Gasteiger partial charge in [0.1, 0.15) is 0 Å². The highest BCUT2D eigenvalue weighted by Crippen LogP contribution is 2.23. The van der Waals surface area contributed by atoms with Gasteiger partial charge in [-0.05, 0) is 38.6 Å². The number of likely N-dealkylation sites (N-methyl/N-ethyl adjacent to an activating group) is 1. The second kappa shape index (κ2) is 7.50. The molecule has 0 bridgehead atoms. The highest BCUT2D eigenvalue weighted by atomic mass is 79.9. The lowest BCUT2D eigenvalue weighted by Crippen LogP contribution is -2.38. The zero-order valence-corrected chi connectivity index (χ0v) is 13.5. The molecule has 0 aliphatic heterocycles. The molecular weight excluding hydrogens is 306 g/mol.